The van der Waals surface area contributed by atoms with E-state index in [1.807, 2.05) is 96.1 Å². The summed E-state index contributed by atoms with van der Waals surface area (Å²) in [4.78, 5) is 29.2. The van der Waals surface area contributed by atoms with Gasteiger partial charge in [-0.25, -0.2) is 0 Å². The summed E-state index contributed by atoms with van der Waals surface area (Å²) in [6.45, 7) is 12.4. The zero-order valence-electron chi connectivity index (χ0n) is 21.9. The van der Waals surface area contributed by atoms with Gasteiger partial charge in [-0.05, 0) is 58.2 Å². The van der Waals surface area contributed by atoms with E-state index in [1.54, 1.807) is 4.90 Å². The number of hydrogen-bond donors (Lipinski definition) is 1. The molecule has 3 aromatic rings. The fourth-order valence-corrected chi connectivity index (χ4v) is 4.34. The molecule has 4 nitrogen and oxygen atoms in total. The van der Waals surface area contributed by atoms with E-state index in [2.05, 4.69) is 23.5 Å². The molecule has 2 amide bonds. The summed E-state index contributed by atoms with van der Waals surface area (Å²) in [7, 11) is 0. The standard InChI is InChI=1S/C31H38N2O2/c1-22-12-14-26(15-13-22)21-33(29(34)20-27-17-23(2)16-24(3)18-27)28(30(35)32-31(4,5)6)19-25-10-8-7-9-11-25/h7-18,28H,19-21H2,1-6H3,(H,32,35). The van der Waals surface area contributed by atoms with Crippen LogP contribution in [-0.4, -0.2) is 28.3 Å². The third-order valence-electron chi connectivity index (χ3n) is 5.88. The van der Waals surface area contributed by atoms with Crippen molar-refractivity contribution in [1.29, 1.82) is 0 Å². The second-order valence-corrected chi connectivity index (χ2v) is 10.6. The molecule has 0 radical (unpaired) electrons. The van der Waals surface area contributed by atoms with Gasteiger partial charge in [0, 0.05) is 18.5 Å². The SMILES string of the molecule is Cc1ccc(CN(C(=O)Cc2cc(C)cc(C)c2)C(Cc2ccccc2)C(=O)NC(C)(C)C)cc1. The maximum Gasteiger partial charge on any atom is 0.243 e. The Hall–Kier alpha value is -3.40. The molecule has 0 spiro atoms. The van der Waals surface area contributed by atoms with E-state index in [0.717, 1.165) is 33.4 Å². The molecule has 0 saturated heterocycles. The Morgan fingerprint density at radius 3 is 1.94 bits per heavy atom. The molecule has 0 aliphatic heterocycles. The number of amides is 2. The lowest BCUT2D eigenvalue weighted by atomic mass is 9.99. The van der Waals surface area contributed by atoms with Crippen LogP contribution in [0.15, 0.2) is 72.8 Å². The van der Waals surface area contributed by atoms with E-state index in [0.29, 0.717) is 13.0 Å². The van der Waals surface area contributed by atoms with E-state index in [1.165, 1.54) is 0 Å². The minimum atomic E-state index is -0.628. The summed E-state index contributed by atoms with van der Waals surface area (Å²) in [5.41, 5.74) is 6.01. The number of hydrogen-bond acceptors (Lipinski definition) is 2. The van der Waals surface area contributed by atoms with Crippen LogP contribution in [0.3, 0.4) is 0 Å². The Morgan fingerprint density at radius 2 is 1.37 bits per heavy atom. The second-order valence-electron chi connectivity index (χ2n) is 10.6. The first kappa shape index (κ1) is 26.2. The van der Waals surface area contributed by atoms with Gasteiger partial charge in [-0.1, -0.05) is 89.5 Å². The summed E-state index contributed by atoms with van der Waals surface area (Å²) in [6.07, 6.45) is 0.704. The van der Waals surface area contributed by atoms with Gasteiger partial charge < -0.3 is 10.2 Å². The van der Waals surface area contributed by atoms with Crippen LogP contribution in [-0.2, 0) is 29.0 Å². The quantitative estimate of drug-likeness (QED) is 0.458. The topological polar surface area (TPSA) is 49.4 Å². The molecule has 3 rings (SSSR count). The van der Waals surface area contributed by atoms with Gasteiger partial charge in [-0.2, -0.15) is 0 Å². The van der Waals surface area contributed by atoms with Gasteiger partial charge in [0.2, 0.25) is 11.8 Å². The average molecular weight is 471 g/mol. The van der Waals surface area contributed by atoms with E-state index >= 15 is 0 Å². The van der Waals surface area contributed by atoms with Crippen LogP contribution < -0.4 is 5.32 Å². The molecule has 3 aromatic carbocycles. The first-order valence-corrected chi connectivity index (χ1v) is 12.3. The summed E-state index contributed by atoms with van der Waals surface area (Å²) in [6, 6.07) is 23.7. The van der Waals surface area contributed by atoms with E-state index in [4.69, 9.17) is 0 Å². The van der Waals surface area contributed by atoms with Crippen molar-refractivity contribution in [3.8, 4) is 0 Å². The van der Waals surface area contributed by atoms with Gasteiger partial charge >= 0.3 is 0 Å². The van der Waals surface area contributed by atoms with Crippen LogP contribution in [0.4, 0.5) is 0 Å². The molecule has 1 atom stereocenters. The van der Waals surface area contributed by atoms with E-state index in [-0.39, 0.29) is 18.2 Å². The molecule has 0 aliphatic carbocycles. The molecule has 0 saturated carbocycles. The molecule has 1 unspecified atom stereocenters. The lowest BCUT2D eigenvalue weighted by Gasteiger charge is -2.34. The van der Waals surface area contributed by atoms with Crippen LogP contribution in [0, 0.1) is 20.8 Å². The molecule has 0 fully saturated rings. The van der Waals surface area contributed by atoms with Crippen molar-refractivity contribution in [2.75, 3.05) is 0 Å². The van der Waals surface area contributed by atoms with Crippen LogP contribution in [0.25, 0.3) is 0 Å². The maximum atomic E-state index is 13.9. The highest BCUT2D eigenvalue weighted by molar-refractivity contribution is 5.89. The molecule has 184 valence electrons. The largest absolute Gasteiger partial charge is 0.350 e. The first-order valence-electron chi connectivity index (χ1n) is 12.3. The molecule has 0 aliphatic rings. The minimum absolute atomic E-state index is 0.0550. The molecular weight excluding hydrogens is 432 g/mol. The second kappa shape index (κ2) is 11.4. The molecular formula is C31H38N2O2. The Labute approximate surface area is 210 Å². The molecule has 35 heavy (non-hydrogen) atoms. The molecule has 0 heterocycles. The van der Waals surface area contributed by atoms with Crippen LogP contribution >= 0.6 is 0 Å². The first-order chi connectivity index (χ1) is 16.5. The van der Waals surface area contributed by atoms with Gasteiger partial charge in [0.15, 0.2) is 0 Å². The average Bonchev–Trinajstić information content (AvgIpc) is 2.76. The number of benzene rings is 3. The van der Waals surface area contributed by atoms with Crippen LogP contribution in [0.1, 0.15) is 54.2 Å². The Bertz CT molecular complexity index is 1120. The monoisotopic (exact) mass is 470 g/mol. The normalized spacial score (nSPS) is 12.2. The summed E-state index contributed by atoms with van der Waals surface area (Å²) in [5.74, 6) is -0.192. The number of carbonyl (C=O) groups is 2. The predicted molar refractivity (Wildman–Crippen MR) is 143 cm³/mol. The van der Waals surface area contributed by atoms with Gasteiger partial charge in [0.1, 0.15) is 6.04 Å². The fourth-order valence-electron chi connectivity index (χ4n) is 4.34. The lowest BCUT2D eigenvalue weighted by Crippen LogP contribution is -2.54. The van der Waals surface area contributed by atoms with E-state index in [9.17, 15) is 9.59 Å². The van der Waals surface area contributed by atoms with Crippen molar-refractivity contribution in [3.05, 3.63) is 106 Å². The Balaban J connectivity index is 2.00. The van der Waals surface area contributed by atoms with Crippen molar-refractivity contribution >= 4 is 11.8 Å². The van der Waals surface area contributed by atoms with Crippen molar-refractivity contribution in [2.45, 2.75) is 72.5 Å². The van der Waals surface area contributed by atoms with Crippen molar-refractivity contribution in [1.82, 2.24) is 10.2 Å². The molecule has 4 heteroatoms. The number of aryl methyl sites for hydroxylation is 3. The zero-order chi connectivity index (χ0) is 25.6. The van der Waals surface area contributed by atoms with Crippen molar-refractivity contribution in [2.24, 2.45) is 0 Å². The smallest absolute Gasteiger partial charge is 0.243 e. The highest BCUT2D eigenvalue weighted by Crippen LogP contribution is 2.19. The van der Waals surface area contributed by atoms with Crippen molar-refractivity contribution < 1.29 is 9.59 Å². The summed E-state index contributed by atoms with van der Waals surface area (Å²) in [5, 5.41) is 3.12. The number of rotatable bonds is 8. The molecule has 0 aromatic heterocycles. The Morgan fingerprint density at radius 1 is 0.771 bits per heavy atom. The maximum absolute atomic E-state index is 13.9. The highest BCUT2D eigenvalue weighted by Gasteiger charge is 2.32. The lowest BCUT2D eigenvalue weighted by molar-refractivity contribution is -0.141. The van der Waals surface area contributed by atoms with Gasteiger partial charge in [0.25, 0.3) is 0 Å². The van der Waals surface area contributed by atoms with Gasteiger partial charge in [-0.3, -0.25) is 9.59 Å². The third kappa shape index (κ3) is 8.10. The number of nitrogens with one attached hydrogen (secondary N) is 1. The Kier molecular flexibility index (Phi) is 8.50. The van der Waals surface area contributed by atoms with E-state index < -0.39 is 11.6 Å². The summed E-state index contributed by atoms with van der Waals surface area (Å²) < 4.78 is 0. The van der Waals surface area contributed by atoms with Crippen molar-refractivity contribution in [3.63, 3.8) is 0 Å². The molecule has 0 bridgehead atoms. The van der Waals surface area contributed by atoms with Crippen LogP contribution in [0.5, 0.6) is 0 Å². The van der Waals surface area contributed by atoms with Crippen LogP contribution in [0.2, 0.25) is 0 Å². The molecule has 1 N–H and O–H groups in total. The predicted octanol–water partition coefficient (Wildman–Crippen LogP) is 5.71. The number of nitrogens with zero attached hydrogens (tertiary/aromatic N) is 1. The summed E-state index contributed by atoms with van der Waals surface area (Å²) >= 11 is 0. The van der Waals surface area contributed by atoms with Gasteiger partial charge in [-0.15, -0.1) is 0 Å². The highest BCUT2D eigenvalue weighted by atomic mass is 16.2. The zero-order valence-corrected chi connectivity index (χ0v) is 21.9. The third-order valence-corrected chi connectivity index (χ3v) is 5.88. The van der Waals surface area contributed by atoms with Gasteiger partial charge in [0.05, 0.1) is 6.42 Å². The number of carbonyl (C=O) groups excluding carboxylic acids is 2. The minimum Gasteiger partial charge on any atom is -0.350 e. The fraction of sp³-hybridized carbons (Fsp3) is 0.355.